The Labute approximate surface area is 142 Å². The predicted octanol–water partition coefficient (Wildman–Crippen LogP) is 3.23. The largest absolute Gasteiger partial charge is 0.355 e. The Bertz CT molecular complexity index is 612. The highest BCUT2D eigenvalue weighted by Gasteiger charge is 2.32. The van der Waals surface area contributed by atoms with Crippen molar-refractivity contribution < 1.29 is 4.79 Å². The average molecular weight is 331 g/mol. The van der Waals surface area contributed by atoms with E-state index in [-0.39, 0.29) is 5.91 Å². The van der Waals surface area contributed by atoms with Gasteiger partial charge in [0.2, 0.25) is 5.91 Å². The first kappa shape index (κ1) is 17.6. The zero-order valence-electron chi connectivity index (χ0n) is 13.8. The highest BCUT2D eigenvalue weighted by Crippen LogP contribution is 2.25. The summed E-state index contributed by atoms with van der Waals surface area (Å²) < 4.78 is 0. The molecule has 0 unspecified atom stereocenters. The molecule has 1 aromatic carbocycles. The molecule has 0 fully saturated rings. The minimum absolute atomic E-state index is 0.0588. The SMILES string of the molecule is CCC(CC)(CN)C(=O)NCCc1csc(-c2ccccc2)n1. The number of aromatic nitrogens is 1. The zero-order valence-corrected chi connectivity index (χ0v) is 14.7. The molecule has 2 rings (SSSR count). The molecule has 1 aromatic heterocycles. The Kier molecular flexibility index (Phi) is 6.30. The Morgan fingerprint density at radius 3 is 2.57 bits per heavy atom. The monoisotopic (exact) mass is 331 g/mol. The van der Waals surface area contributed by atoms with E-state index in [1.54, 1.807) is 11.3 Å². The fourth-order valence-electron chi connectivity index (χ4n) is 2.58. The smallest absolute Gasteiger partial charge is 0.227 e. The molecule has 0 bridgehead atoms. The summed E-state index contributed by atoms with van der Waals surface area (Å²) in [4.78, 5) is 17.0. The summed E-state index contributed by atoms with van der Waals surface area (Å²) in [6.45, 7) is 5.02. The maximum atomic E-state index is 12.4. The molecule has 2 aromatic rings. The van der Waals surface area contributed by atoms with Crippen LogP contribution in [0, 0.1) is 5.41 Å². The van der Waals surface area contributed by atoms with Crippen LogP contribution < -0.4 is 11.1 Å². The molecule has 4 nitrogen and oxygen atoms in total. The number of nitrogens with one attached hydrogen (secondary N) is 1. The summed E-state index contributed by atoms with van der Waals surface area (Å²) in [7, 11) is 0. The third-order valence-electron chi connectivity index (χ3n) is 4.47. The van der Waals surface area contributed by atoms with Gasteiger partial charge in [-0.1, -0.05) is 44.2 Å². The maximum absolute atomic E-state index is 12.4. The lowest BCUT2D eigenvalue weighted by Gasteiger charge is -2.28. The second-order valence-corrected chi connectivity index (χ2v) is 6.57. The third-order valence-corrected chi connectivity index (χ3v) is 5.41. The second-order valence-electron chi connectivity index (χ2n) is 5.71. The zero-order chi connectivity index (χ0) is 16.7. The van der Waals surface area contributed by atoms with E-state index >= 15 is 0 Å². The highest BCUT2D eigenvalue weighted by molar-refractivity contribution is 7.13. The fourth-order valence-corrected chi connectivity index (χ4v) is 3.44. The van der Waals surface area contributed by atoms with Crippen molar-refractivity contribution in [1.29, 1.82) is 0 Å². The van der Waals surface area contributed by atoms with E-state index in [0.717, 1.165) is 35.5 Å². The molecule has 0 saturated carbocycles. The number of nitrogens with two attached hydrogens (primary N) is 1. The highest BCUT2D eigenvalue weighted by atomic mass is 32.1. The van der Waals surface area contributed by atoms with E-state index < -0.39 is 5.41 Å². The van der Waals surface area contributed by atoms with Crippen LogP contribution in [0.1, 0.15) is 32.4 Å². The molecular weight excluding hydrogens is 306 g/mol. The molecule has 5 heteroatoms. The number of nitrogens with zero attached hydrogens (tertiary/aromatic N) is 1. The van der Waals surface area contributed by atoms with Crippen LogP contribution in [-0.2, 0) is 11.2 Å². The van der Waals surface area contributed by atoms with E-state index in [1.165, 1.54) is 0 Å². The van der Waals surface area contributed by atoms with Gasteiger partial charge in [0.25, 0.3) is 0 Å². The van der Waals surface area contributed by atoms with E-state index in [2.05, 4.69) is 27.8 Å². The van der Waals surface area contributed by atoms with E-state index in [9.17, 15) is 4.79 Å². The minimum atomic E-state index is -0.433. The first-order valence-electron chi connectivity index (χ1n) is 8.13. The molecule has 23 heavy (non-hydrogen) atoms. The quantitative estimate of drug-likeness (QED) is 0.780. The van der Waals surface area contributed by atoms with E-state index in [4.69, 9.17) is 5.73 Å². The van der Waals surface area contributed by atoms with Gasteiger partial charge in [-0.05, 0) is 12.8 Å². The van der Waals surface area contributed by atoms with Gasteiger partial charge in [0.15, 0.2) is 0 Å². The van der Waals surface area contributed by atoms with Crippen molar-refractivity contribution in [3.05, 3.63) is 41.4 Å². The second kappa shape index (κ2) is 8.22. The number of hydrogen-bond acceptors (Lipinski definition) is 4. The van der Waals surface area contributed by atoms with Gasteiger partial charge in [0, 0.05) is 30.5 Å². The first-order chi connectivity index (χ1) is 11.1. The van der Waals surface area contributed by atoms with Gasteiger partial charge in [0.1, 0.15) is 5.01 Å². The lowest BCUT2D eigenvalue weighted by Crippen LogP contribution is -2.45. The van der Waals surface area contributed by atoms with Crippen molar-refractivity contribution in [2.45, 2.75) is 33.1 Å². The Balaban J connectivity index is 1.90. The number of hydrogen-bond donors (Lipinski definition) is 2. The summed E-state index contributed by atoms with van der Waals surface area (Å²) in [6.07, 6.45) is 2.27. The molecule has 0 radical (unpaired) electrons. The Morgan fingerprint density at radius 2 is 1.96 bits per heavy atom. The van der Waals surface area contributed by atoms with Gasteiger partial charge in [-0.3, -0.25) is 4.79 Å². The summed E-state index contributed by atoms with van der Waals surface area (Å²) >= 11 is 1.64. The molecule has 0 aliphatic heterocycles. The normalized spacial score (nSPS) is 11.4. The van der Waals surface area contributed by atoms with Crippen LogP contribution in [-0.4, -0.2) is 24.0 Å². The van der Waals surface area contributed by atoms with Gasteiger partial charge in [-0.15, -0.1) is 11.3 Å². The third kappa shape index (κ3) is 4.18. The number of carbonyl (C=O) groups excluding carboxylic acids is 1. The molecule has 1 heterocycles. The molecule has 124 valence electrons. The van der Waals surface area contributed by atoms with Crippen molar-refractivity contribution in [2.75, 3.05) is 13.1 Å². The summed E-state index contributed by atoms with van der Waals surface area (Å²) in [5, 5.41) is 6.10. The van der Waals surface area contributed by atoms with Crippen LogP contribution in [0.2, 0.25) is 0 Å². The summed E-state index contributed by atoms with van der Waals surface area (Å²) in [6, 6.07) is 10.1. The number of rotatable bonds is 8. The fraction of sp³-hybridized carbons (Fsp3) is 0.444. The molecule has 3 N–H and O–H groups in total. The Hall–Kier alpha value is -1.72. The lowest BCUT2D eigenvalue weighted by molar-refractivity contribution is -0.131. The van der Waals surface area contributed by atoms with Crippen LogP contribution in [0.15, 0.2) is 35.7 Å². The van der Waals surface area contributed by atoms with Crippen LogP contribution in [0.5, 0.6) is 0 Å². The number of carbonyl (C=O) groups is 1. The maximum Gasteiger partial charge on any atom is 0.227 e. The number of benzene rings is 1. The van der Waals surface area contributed by atoms with Gasteiger partial charge in [-0.2, -0.15) is 0 Å². The van der Waals surface area contributed by atoms with Crippen LogP contribution in [0.4, 0.5) is 0 Å². The van der Waals surface area contributed by atoms with Crippen molar-refractivity contribution >= 4 is 17.2 Å². The van der Waals surface area contributed by atoms with E-state index in [0.29, 0.717) is 13.1 Å². The van der Waals surface area contributed by atoms with Gasteiger partial charge in [0.05, 0.1) is 11.1 Å². The standard InChI is InChI=1S/C18H25N3OS/c1-3-18(4-2,13-19)17(22)20-11-10-15-12-23-16(21-15)14-8-6-5-7-9-14/h5-9,12H,3-4,10-11,13,19H2,1-2H3,(H,20,22). The predicted molar refractivity (Wildman–Crippen MR) is 96.3 cm³/mol. The van der Waals surface area contributed by atoms with Gasteiger partial charge < -0.3 is 11.1 Å². The van der Waals surface area contributed by atoms with Gasteiger partial charge in [-0.25, -0.2) is 4.98 Å². The van der Waals surface area contributed by atoms with Crippen LogP contribution >= 0.6 is 11.3 Å². The molecule has 0 aliphatic carbocycles. The molecule has 0 spiro atoms. The van der Waals surface area contributed by atoms with Crippen LogP contribution in [0.25, 0.3) is 10.6 Å². The first-order valence-corrected chi connectivity index (χ1v) is 9.01. The van der Waals surface area contributed by atoms with Crippen molar-refractivity contribution in [3.63, 3.8) is 0 Å². The average Bonchev–Trinajstić information content (AvgIpc) is 3.07. The van der Waals surface area contributed by atoms with Crippen molar-refractivity contribution in [1.82, 2.24) is 10.3 Å². The van der Waals surface area contributed by atoms with Crippen molar-refractivity contribution in [3.8, 4) is 10.6 Å². The molecule has 0 aliphatic rings. The number of thiazole rings is 1. The summed E-state index contributed by atoms with van der Waals surface area (Å²) in [5.74, 6) is 0.0588. The van der Waals surface area contributed by atoms with Crippen molar-refractivity contribution in [2.24, 2.45) is 11.1 Å². The minimum Gasteiger partial charge on any atom is -0.355 e. The molecule has 0 saturated heterocycles. The molecule has 1 amide bonds. The summed E-state index contributed by atoms with van der Waals surface area (Å²) in [5.41, 5.74) is 7.52. The van der Waals surface area contributed by atoms with E-state index in [1.807, 2.05) is 32.0 Å². The molecular formula is C18H25N3OS. The van der Waals surface area contributed by atoms with Crippen LogP contribution in [0.3, 0.4) is 0 Å². The number of amides is 1. The lowest BCUT2D eigenvalue weighted by atomic mass is 9.81. The Morgan fingerprint density at radius 1 is 1.26 bits per heavy atom. The van der Waals surface area contributed by atoms with Gasteiger partial charge >= 0.3 is 0 Å². The topological polar surface area (TPSA) is 68.0 Å². The molecule has 0 atom stereocenters.